The first-order valence-electron chi connectivity index (χ1n) is 9.10. The first kappa shape index (κ1) is 20.2. The Labute approximate surface area is 176 Å². The molecule has 0 radical (unpaired) electrons. The Morgan fingerprint density at radius 2 is 1.93 bits per heavy atom. The number of rotatable bonds is 6. The Balaban J connectivity index is 1.72. The number of carbonyl (C=O) groups excluding carboxylic acids is 1. The van der Waals surface area contributed by atoms with Gasteiger partial charge in [0.2, 0.25) is 0 Å². The van der Waals surface area contributed by atoms with Gasteiger partial charge in [0.1, 0.15) is 11.6 Å². The lowest BCUT2D eigenvalue weighted by molar-refractivity contribution is 0.0983. The number of benzene rings is 2. The van der Waals surface area contributed by atoms with E-state index in [2.05, 4.69) is 4.98 Å². The maximum Gasteiger partial charge on any atom is 0.260 e. The minimum absolute atomic E-state index is 0.0207. The molecule has 0 aliphatic heterocycles. The first-order valence-corrected chi connectivity index (χ1v) is 11.6. The Morgan fingerprint density at radius 1 is 1.17 bits per heavy atom. The minimum atomic E-state index is -3.36. The quantitative estimate of drug-likeness (QED) is 0.432. The molecule has 0 unspecified atom stereocenters. The van der Waals surface area contributed by atoms with Crippen molar-refractivity contribution >= 4 is 42.4 Å². The van der Waals surface area contributed by atoms with E-state index in [4.69, 9.17) is 4.42 Å². The molecule has 6 nitrogen and oxygen atoms in total. The Kier molecular flexibility index (Phi) is 5.40. The van der Waals surface area contributed by atoms with Crippen molar-refractivity contribution in [2.75, 3.05) is 10.7 Å². The molecule has 30 heavy (non-hydrogen) atoms. The van der Waals surface area contributed by atoms with E-state index in [1.807, 2.05) is 0 Å². The van der Waals surface area contributed by atoms with Crippen LogP contribution in [-0.2, 0) is 16.4 Å². The molecule has 0 aliphatic rings. The molecule has 0 aliphatic carbocycles. The molecule has 9 heteroatoms. The van der Waals surface area contributed by atoms with Crippen molar-refractivity contribution < 1.29 is 22.0 Å². The number of amides is 1. The zero-order valence-corrected chi connectivity index (χ0v) is 17.5. The van der Waals surface area contributed by atoms with Gasteiger partial charge in [-0.25, -0.2) is 17.8 Å². The lowest BCUT2D eigenvalue weighted by Crippen LogP contribution is -2.30. The van der Waals surface area contributed by atoms with Crippen LogP contribution in [0.15, 0.2) is 70.2 Å². The van der Waals surface area contributed by atoms with Gasteiger partial charge in [0.15, 0.2) is 15.0 Å². The highest BCUT2D eigenvalue weighted by Crippen LogP contribution is 2.31. The van der Waals surface area contributed by atoms with Gasteiger partial charge in [0, 0.05) is 5.56 Å². The van der Waals surface area contributed by atoms with E-state index < -0.39 is 9.84 Å². The maximum atomic E-state index is 13.6. The van der Waals surface area contributed by atoms with Crippen LogP contribution in [0.1, 0.15) is 23.0 Å². The minimum Gasteiger partial charge on any atom is -0.467 e. The van der Waals surface area contributed by atoms with Crippen molar-refractivity contribution in [1.82, 2.24) is 4.98 Å². The number of hydrogen-bond donors (Lipinski definition) is 0. The number of thiazole rings is 1. The molecule has 2 heterocycles. The van der Waals surface area contributed by atoms with Gasteiger partial charge in [0.25, 0.3) is 5.91 Å². The first-order chi connectivity index (χ1) is 14.4. The number of hydrogen-bond acceptors (Lipinski definition) is 6. The fourth-order valence-electron chi connectivity index (χ4n) is 2.91. The molecule has 154 valence electrons. The van der Waals surface area contributed by atoms with E-state index in [-0.39, 0.29) is 28.9 Å². The van der Waals surface area contributed by atoms with Crippen molar-refractivity contribution in [3.05, 3.63) is 78.0 Å². The van der Waals surface area contributed by atoms with Crippen LogP contribution in [0.2, 0.25) is 0 Å². The molecule has 0 bridgehead atoms. The van der Waals surface area contributed by atoms with Crippen LogP contribution in [0.5, 0.6) is 0 Å². The summed E-state index contributed by atoms with van der Waals surface area (Å²) in [7, 11) is -3.36. The summed E-state index contributed by atoms with van der Waals surface area (Å²) < 4.78 is 43.6. The third kappa shape index (κ3) is 3.99. The summed E-state index contributed by atoms with van der Waals surface area (Å²) in [5.74, 6) is -0.215. The lowest BCUT2D eigenvalue weighted by atomic mass is 10.2. The molecular weight excluding hydrogens is 427 g/mol. The molecule has 0 fully saturated rings. The van der Waals surface area contributed by atoms with Crippen molar-refractivity contribution in [2.24, 2.45) is 0 Å². The predicted molar refractivity (Wildman–Crippen MR) is 113 cm³/mol. The summed E-state index contributed by atoms with van der Waals surface area (Å²) >= 11 is 1.19. The van der Waals surface area contributed by atoms with Crippen molar-refractivity contribution in [3.63, 3.8) is 0 Å². The molecule has 1 amide bonds. The van der Waals surface area contributed by atoms with E-state index in [0.717, 1.165) is 0 Å². The second-order valence-corrected chi connectivity index (χ2v) is 9.79. The van der Waals surface area contributed by atoms with Crippen LogP contribution in [0.25, 0.3) is 10.2 Å². The molecular formula is C21H17FN2O4S2. The molecule has 0 spiro atoms. The normalized spacial score (nSPS) is 11.7. The van der Waals surface area contributed by atoms with Gasteiger partial charge in [-0.1, -0.05) is 18.3 Å². The van der Waals surface area contributed by atoms with Crippen LogP contribution in [0, 0.1) is 5.82 Å². The third-order valence-corrected chi connectivity index (χ3v) is 7.34. The summed E-state index contributed by atoms with van der Waals surface area (Å²) in [6, 6.07) is 13.5. The number of furan rings is 1. The summed E-state index contributed by atoms with van der Waals surface area (Å²) in [5.41, 5.74) is 0.889. The zero-order valence-electron chi connectivity index (χ0n) is 15.9. The van der Waals surface area contributed by atoms with Crippen LogP contribution >= 0.6 is 11.3 Å². The van der Waals surface area contributed by atoms with Crippen LogP contribution in [-0.4, -0.2) is 25.1 Å². The van der Waals surface area contributed by atoms with Gasteiger partial charge in [-0.15, -0.1) is 0 Å². The molecule has 4 aromatic rings. The second-order valence-electron chi connectivity index (χ2n) is 6.51. The van der Waals surface area contributed by atoms with Crippen molar-refractivity contribution in [3.8, 4) is 0 Å². The summed E-state index contributed by atoms with van der Waals surface area (Å²) in [4.78, 5) is 19.3. The zero-order chi connectivity index (χ0) is 21.3. The number of halogens is 1. The van der Waals surface area contributed by atoms with Crippen molar-refractivity contribution in [1.29, 1.82) is 0 Å². The van der Waals surface area contributed by atoms with Crippen LogP contribution < -0.4 is 4.90 Å². The maximum absolute atomic E-state index is 13.6. The standard InChI is InChI=1S/C21H17FN2O4S2/c1-2-30(26,27)17-8-5-14(6-9-17)20(25)24(13-16-4-3-11-28-16)21-23-18-10-7-15(22)12-19(18)29-21/h3-12H,2,13H2,1H3. The van der Waals surface area contributed by atoms with Gasteiger partial charge in [0.05, 0.1) is 33.7 Å². The number of sulfone groups is 1. The van der Waals surface area contributed by atoms with E-state index in [9.17, 15) is 17.6 Å². The van der Waals surface area contributed by atoms with E-state index in [0.29, 0.717) is 26.7 Å². The van der Waals surface area contributed by atoms with E-state index >= 15 is 0 Å². The highest BCUT2D eigenvalue weighted by atomic mass is 32.2. The Bertz CT molecular complexity index is 1300. The monoisotopic (exact) mass is 444 g/mol. The highest BCUT2D eigenvalue weighted by Gasteiger charge is 2.23. The fraction of sp³-hybridized carbons (Fsp3) is 0.143. The van der Waals surface area contributed by atoms with E-state index in [1.54, 1.807) is 25.1 Å². The Hall–Kier alpha value is -3.04. The van der Waals surface area contributed by atoms with Gasteiger partial charge in [-0.2, -0.15) is 0 Å². The van der Waals surface area contributed by atoms with Crippen molar-refractivity contribution in [2.45, 2.75) is 18.4 Å². The van der Waals surface area contributed by atoms with Crippen LogP contribution in [0.3, 0.4) is 0 Å². The van der Waals surface area contributed by atoms with Gasteiger partial charge < -0.3 is 4.42 Å². The fourth-order valence-corrected chi connectivity index (χ4v) is 4.79. The number of anilines is 1. The molecule has 4 rings (SSSR count). The average molecular weight is 445 g/mol. The SMILES string of the molecule is CCS(=O)(=O)c1ccc(C(=O)N(Cc2ccco2)c2nc3ccc(F)cc3s2)cc1. The highest BCUT2D eigenvalue weighted by molar-refractivity contribution is 7.91. The molecule has 0 N–H and O–H groups in total. The topological polar surface area (TPSA) is 80.5 Å². The van der Waals surface area contributed by atoms with Gasteiger partial charge in [-0.05, 0) is 54.6 Å². The number of nitrogens with zero attached hydrogens (tertiary/aromatic N) is 2. The van der Waals surface area contributed by atoms with Gasteiger partial charge >= 0.3 is 0 Å². The number of carbonyl (C=O) groups is 1. The molecule has 0 saturated carbocycles. The molecule has 0 saturated heterocycles. The lowest BCUT2D eigenvalue weighted by Gasteiger charge is -2.19. The number of fused-ring (bicyclic) bond motifs is 1. The smallest absolute Gasteiger partial charge is 0.260 e. The molecule has 2 aromatic heterocycles. The summed E-state index contributed by atoms with van der Waals surface area (Å²) in [6.45, 7) is 1.69. The summed E-state index contributed by atoms with van der Waals surface area (Å²) in [6.07, 6.45) is 1.51. The van der Waals surface area contributed by atoms with Crippen LogP contribution in [0.4, 0.5) is 9.52 Å². The van der Waals surface area contributed by atoms with Gasteiger partial charge in [-0.3, -0.25) is 9.69 Å². The average Bonchev–Trinajstić information content (AvgIpc) is 3.40. The third-order valence-electron chi connectivity index (χ3n) is 4.55. The molecule has 0 atom stereocenters. The largest absolute Gasteiger partial charge is 0.467 e. The number of aromatic nitrogens is 1. The Morgan fingerprint density at radius 3 is 2.60 bits per heavy atom. The molecule has 2 aromatic carbocycles. The van der Waals surface area contributed by atoms with E-state index in [1.165, 1.54) is 58.9 Å². The predicted octanol–water partition coefficient (Wildman–Crippen LogP) is 4.67. The second kappa shape index (κ2) is 8.00. The summed E-state index contributed by atoms with van der Waals surface area (Å²) in [5, 5.41) is 0.391.